The summed E-state index contributed by atoms with van der Waals surface area (Å²) in [4.78, 5) is 23.7. The van der Waals surface area contributed by atoms with Crippen molar-refractivity contribution in [1.29, 1.82) is 0 Å². The van der Waals surface area contributed by atoms with E-state index in [1.54, 1.807) is 36.4 Å². The van der Waals surface area contributed by atoms with Gasteiger partial charge in [0.1, 0.15) is 5.75 Å². The number of rotatable bonds is 6. The van der Waals surface area contributed by atoms with Crippen molar-refractivity contribution in [2.24, 2.45) is 0 Å². The Morgan fingerprint density at radius 2 is 1.78 bits per heavy atom. The molecule has 0 fully saturated rings. The highest BCUT2D eigenvalue weighted by Crippen LogP contribution is 2.35. The van der Waals surface area contributed by atoms with Gasteiger partial charge in [-0.3, -0.25) is 4.79 Å². The van der Waals surface area contributed by atoms with Crippen LogP contribution in [0.3, 0.4) is 0 Å². The number of hydrogen-bond donors (Lipinski definition) is 2. The number of carboxylic acids is 1. The van der Waals surface area contributed by atoms with Crippen molar-refractivity contribution in [2.75, 3.05) is 11.9 Å². The number of carboxylic acid groups (broad SMARTS) is 1. The predicted molar refractivity (Wildman–Crippen MR) is 100 cm³/mol. The molecule has 2 aromatic rings. The van der Waals surface area contributed by atoms with Gasteiger partial charge in [-0.1, -0.05) is 30.3 Å². The molecule has 0 bridgehead atoms. The standard InChI is InChI=1S/C21H20FNO4/c1-2-27-18-12-4-3-7-13(18)14-8-6-11-17(19(14)22)23-20(24)15-9-5-10-16(15)21(25)26/h3-4,6-8,11-12H,2,5,9-10H2,1H3,(H,23,24)(H,25,26). The molecule has 0 aliphatic heterocycles. The van der Waals surface area contributed by atoms with Crippen LogP contribution in [0.5, 0.6) is 5.75 Å². The molecule has 0 heterocycles. The second-order valence-electron chi connectivity index (χ2n) is 6.17. The first-order chi connectivity index (χ1) is 13.0. The van der Waals surface area contributed by atoms with E-state index in [1.807, 2.05) is 6.92 Å². The van der Waals surface area contributed by atoms with Crippen LogP contribution in [0.4, 0.5) is 10.1 Å². The highest BCUT2D eigenvalue weighted by Gasteiger charge is 2.26. The smallest absolute Gasteiger partial charge is 0.332 e. The van der Waals surface area contributed by atoms with Crippen molar-refractivity contribution in [3.8, 4) is 16.9 Å². The summed E-state index contributed by atoms with van der Waals surface area (Å²) in [5.41, 5.74) is 1.20. The SMILES string of the molecule is CCOc1ccccc1-c1cccc(NC(=O)C2=C(C(=O)O)CCC2)c1F. The maximum absolute atomic E-state index is 15.1. The van der Waals surface area contributed by atoms with Gasteiger partial charge in [0.15, 0.2) is 5.82 Å². The van der Waals surface area contributed by atoms with Crippen LogP contribution in [0.15, 0.2) is 53.6 Å². The summed E-state index contributed by atoms with van der Waals surface area (Å²) in [7, 11) is 0. The van der Waals surface area contributed by atoms with E-state index in [0.717, 1.165) is 0 Å². The minimum absolute atomic E-state index is 0.00735. The Morgan fingerprint density at radius 3 is 2.52 bits per heavy atom. The first-order valence-corrected chi connectivity index (χ1v) is 8.80. The molecule has 5 nitrogen and oxygen atoms in total. The Bertz CT molecular complexity index is 920. The van der Waals surface area contributed by atoms with Gasteiger partial charge in [-0.2, -0.15) is 0 Å². The fourth-order valence-electron chi connectivity index (χ4n) is 3.24. The van der Waals surface area contributed by atoms with Crippen molar-refractivity contribution >= 4 is 17.6 Å². The number of ether oxygens (including phenoxy) is 1. The normalized spacial score (nSPS) is 13.6. The molecule has 3 rings (SSSR count). The topological polar surface area (TPSA) is 75.6 Å². The van der Waals surface area contributed by atoms with Crippen molar-refractivity contribution in [3.63, 3.8) is 0 Å². The summed E-state index contributed by atoms with van der Waals surface area (Å²) < 4.78 is 20.6. The fourth-order valence-corrected chi connectivity index (χ4v) is 3.24. The van der Waals surface area contributed by atoms with Gasteiger partial charge in [0, 0.05) is 22.3 Å². The summed E-state index contributed by atoms with van der Waals surface area (Å²) in [6.07, 6.45) is 1.33. The molecule has 0 radical (unpaired) electrons. The third-order valence-electron chi connectivity index (χ3n) is 4.47. The molecule has 0 spiro atoms. The molecule has 1 aliphatic rings. The number of aliphatic carboxylic acids is 1. The average molecular weight is 369 g/mol. The lowest BCUT2D eigenvalue weighted by Crippen LogP contribution is -2.17. The van der Waals surface area contributed by atoms with Crippen LogP contribution < -0.4 is 10.1 Å². The van der Waals surface area contributed by atoms with E-state index in [0.29, 0.717) is 42.7 Å². The number of carbonyl (C=O) groups is 2. The summed E-state index contributed by atoms with van der Waals surface area (Å²) in [5, 5.41) is 11.7. The largest absolute Gasteiger partial charge is 0.493 e. The predicted octanol–water partition coefficient (Wildman–Crippen LogP) is 4.40. The van der Waals surface area contributed by atoms with Crippen molar-refractivity contribution in [1.82, 2.24) is 0 Å². The minimum Gasteiger partial charge on any atom is -0.493 e. The average Bonchev–Trinajstić information content (AvgIpc) is 3.15. The number of carbonyl (C=O) groups excluding carboxylic acids is 1. The number of amides is 1. The molecule has 1 aliphatic carbocycles. The molecule has 0 saturated heterocycles. The number of para-hydroxylation sites is 1. The maximum Gasteiger partial charge on any atom is 0.332 e. The Balaban J connectivity index is 1.94. The lowest BCUT2D eigenvalue weighted by molar-refractivity contribution is -0.133. The van der Waals surface area contributed by atoms with Crippen molar-refractivity contribution in [2.45, 2.75) is 26.2 Å². The Morgan fingerprint density at radius 1 is 1.07 bits per heavy atom. The monoisotopic (exact) mass is 369 g/mol. The van der Waals surface area contributed by atoms with Crippen LogP contribution in [0.2, 0.25) is 0 Å². The second kappa shape index (κ2) is 8.03. The fraction of sp³-hybridized carbons (Fsp3) is 0.238. The molecule has 140 valence electrons. The molecule has 0 unspecified atom stereocenters. The molecule has 2 N–H and O–H groups in total. The molecule has 0 aromatic heterocycles. The highest BCUT2D eigenvalue weighted by atomic mass is 19.1. The van der Waals surface area contributed by atoms with Gasteiger partial charge in [-0.15, -0.1) is 0 Å². The number of nitrogens with one attached hydrogen (secondary N) is 1. The van der Waals surface area contributed by atoms with Crippen LogP contribution in [0.1, 0.15) is 26.2 Å². The van der Waals surface area contributed by atoms with Gasteiger partial charge in [0.05, 0.1) is 12.3 Å². The van der Waals surface area contributed by atoms with E-state index in [2.05, 4.69) is 5.32 Å². The molecule has 6 heteroatoms. The first kappa shape index (κ1) is 18.6. The number of anilines is 1. The lowest BCUT2D eigenvalue weighted by atomic mass is 10.0. The molecule has 0 atom stereocenters. The quantitative estimate of drug-likeness (QED) is 0.792. The summed E-state index contributed by atoms with van der Waals surface area (Å²) in [5.74, 6) is -1.71. The van der Waals surface area contributed by atoms with E-state index in [-0.39, 0.29) is 16.8 Å². The maximum atomic E-state index is 15.1. The Labute approximate surface area is 156 Å². The molecular weight excluding hydrogens is 349 g/mol. The van der Waals surface area contributed by atoms with Gasteiger partial charge in [-0.25, -0.2) is 9.18 Å². The number of benzene rings is 2. The van der Waals surface area contributed by atoms with Gasteiger partial charge in [0.2, 0.25) is 0 Å². The number of hydrogen-bond acceptors (Lipinski definition) is 3. The summed E-state index contributed by atoms with van der Waals surface area (Å²) >= 11 is 0. The minimum atomic E-state index is -1.10. The second-order valence-corrected chi connectivity index (χ2v) is 6.17. The summed E-state index contributed by atoms with van der Waals surface area (Å²) in [6, 6.07) is 11.8. The Kier molecular flexibility index (Phi) is 5.54. The third kappa shape index (κ3) is 3.84. The van der Waals surface area contributed by atoms with Crippen LogP contribution in [-0.2, 0) is 9.59 Å². The van der Waals surface area contributed by atoms with Crippen molar-refractivity contribution < 1.29 is 23.8 Å². The Hall–Kier alpha value is -3.15. The zero-order chi connectivity index (χ0) is 19.4. The van der Waals surface area contributed by atoms with E-state index >= 15 is 4.39 Å². The lowest BCUT2D eigenvalue weighted by Gasteiger charge is -2.14. The molecule has 27 heavy (non-hydrogen) atoms. The third-order valence-corrected chi connectivity index (χ3v) is 4.47. The van der Waals surface area contributed by atoms with Gasteiger partial charge < -0.3 is 15.2 Å². The van der Waals surface area contributed by atoms with E-state index in [1.165, 1.54) is 6.07 Å². The van der Waals surface area contributed by atoms with Crippen LogP contribution in [-0.4, -0.2) is 23.6 Å². The number of halogens is 1. The highest BCUT2D eigenvalue weighted by molar-refractivity contribution is 6.09. The van der Waals surface area contributed by atoms with Crippen molar-refractivity contribution in [3.05, 3.63) is 59.4 Å². The van der Waals surface area contributed by atoms with Crippen LogP contribution in [0.25, 0.3) is 11.1 Å². The van der Waals surface area contributed by atoms with Crippen LogP contribution >= 0.6 is 0 Å². The van der Waals surface area contributed by atoms with E-state index in [9.17, 15) is 14.7 Å². The van der Waals surface area contributed by atoms with E-state index in [4.69, 9.17) is 4.74 Å². The van der Waals surface area contributed by atoms with Gasteiger partial charge in [0.25, 0.3) is 5.91 Å². The first-order valence-electron chi connectivity index (χ1n) is 8.80. The van der Waals surface area contributed by atoms with Crippen LogP contribution in [0, 0.1) is 5.82 Å². The molecule has 1 amide bonds. The van der Waals surface area contributed by atoms with Gasteiger partial charge in [-0.05, 0) is 38.3 Å². The van der Waals surface area contributed by atoms with E-state index < -0.39 is 17.7 Å². The zero-order valence-electron chi connectivity index (χ0n) is 14.9. The molecule has 2 aromatic carbocycles. The molecule has 0 saturated carbocycles. The summed E-state index contributed by atoms with van der Waals surface area (Å²) in [6.45, 7) is 2.29. The molecular formula is C21H20FNO4. The van der Waals surface area contributed by atoms with Gasteiger partial charge >= 0.3 is 5.97 Å². The zero-order valence-corrected chi connectivity index (χ0v) is 14.9.